The maximum atomic E-state index is 12.1. The Balaban J connectivity index is 0.000000894. The van der Waals surface area contributed by atoms with E-state index in [1.165, 1.54) is 24.3 Å². The van der Waals surface area contributed by atoms with Gasteiger partial charge in [0.1, 0.15) is 19.7 Å². The molecule has 13 heteroatoms. The SMILES string of the molecule is C[N+](C)(C)CCO.C[N+](C)(C)CCO.O=C(OCC(COP(=O)([O-])[O-])OC(=O)c1ccccc1)c1ccccc1. The Morgan fingerprint density at radius 3 is 1.48 bits per heavy atom. The fraction of sp³-hybridized carbons (Fsp3) is 0.481. The lowest BCUT2D eigenvalue weighted by Crippen LogP contribution is -2.36. The van der Waals surface area contributed by atoms with Crippen LogP contribution in [-0.2, 0) is 18.6 Å². The van der Waals surface area contributed by atoms with Gasteiger partial charge in [0.15, 0.2) is 6.10 Å². The summed E-state index contributed by atoms with van der Waals surface area (Å²) in [7, 11) is 7.04. The summed E-state index contributed by atoms with van der Waals surface area (Å²) in [6.45, 7) is 0.990. The molecule has 0 heterocycles. The van der Waals surface area contributed by atoms with E-state index in [9.17, 15) is 23.9 Å². The van der Waals surface area contributed by atoms with Gasteiger partial charge in [0, 0.05) is 0 Å². The first-order chi connectivity index (χ1) is 18.5. The van der Waals surface area contributed by atoms with E-state index in [-0.39, 0.29) is 24.3 Å². The molecule has 0 aromatic heterocycles. The van der Waals surface area contributed by atoms with Crippen LogP contribution in [0.25, 0.3) is 0 Å². The number of esters is 2. The van der Waals surface area contributed by atoms with Crippen LogP contribution in [0.1, 0.15) is 20.7 Å². The Morgan fingerprint density at radius 2 is 1.15 bits per heavy atom. The van der Waals surface area contributed by atoms with Crippen molar-refractivity contribution in [1.82, 2.24) is 0 Å². The van der Waals surface area contributed by atoms with Crippen LogP contribution in [0, 0.1) is 0 Å². The van der Waals surface area contributed by atoms with Gasteiger partial charge in [0.05, 0.1) is 81.1 Å². The van der Waals surface area contributed by atoms with Gasteiger partial charge in [-0.1, -0.05) is 36.4 Å². The smallest absolute Gasteiger partial charge is 0.338 e. The van der Waals surface area contributed by atoms with Gasteiger partial charge in [-0.3, -0.25) is 0 Å². The summed E-state index contributed by atoms with van der Waals surface area (Å²) in [5.74, 6) is -1.47. The van der Waals surface area contributed by atoms with Crippen LogP contribution in [0.15, 0.2) is 60.7 Å². The second-order valence-corrected chi connectivity index (χ2v) is 11.7. The fourth-order valence-electron chi connectivity index (χ4n) is 2.51. The largest absolute Gasteiger partial charge is 0.790 e. The fourth-order valence-corrected chi connectivity index (χ4v) is 2.86. The highest BCUT2D eigenvalue weighted by Crippen LogP contribution is 2.25. The molecule has 0 aliphatic heterocycles. The molecule has 1 unspecified atom stereocenters. The lowest BCUT2D eigenvalue weighted by atomic mass is 10.2. The number of likely N-dealkylation sites (N-methyl/N-ethyl adjacent to an activating group) is 2. The van der Waals surface area contributed by atoms with Crippen molar-refractivity contribution in [3.8, 4) is 0 Å². The minimum atomic E-state index is -5.27. The Hall–Kier alpha value is -2.67. The first-order valence-corrected chi connectivity index (χ1v) is 13.9. The minimum absolute atomic E-state index is 0.208. The summed E-state index contributed by atoms with van der Waals surface area (Å²) in [4.78, 5) is 45.3. The summed E-state index contributed by atoms with van der Waals surface area (Å²) in [5.41, 5.74) is 0.471. The average molecular weight is 587 g/mol. The molecular formula is C27H43N2O10P. The molecule has 226 valence electrons. The standard InChI is InChI=1S/C17H17O8P.2C5H14NO/c18-16(13-7-3-1-4-8-13)23-11-15(12-24-26(20,21)22)25-17(19)14-9-5-2-6-10-14;2*1-6(2,3)4-5-7/h1-10,15H,11-12H2,(H2,20,21,22);2*7H,4-5H2,1-3H3/q;2*+1/p-2. The number of carbonyl (C=O) groups is 2. The zero-order chi connectivity index (χ0) is 30.8. The van der Waals surface area contributed by atoms with E-state index in [1.54, 1.807) is 36.4 Å². The third kappa shape index (κ3) is 21.2. The number of hydrogen-bond donors (Lipinski definition) is 2. The number of phosphoric acid groups is 1. The minimum Gasteiger partial charge on any atom is -0.790 e. The Bertz CT molecular complexity index is 1000. The lowest BCUT2D eigenvalue weighted by Gasteiger charge is -2.30. The van der Waals surface area contributed by atoms with Crippen molar-refractivity contribution in [2.75, 3.05) is 81.8 Å². The maximum Gasteiger partial charge on any atom is 0.338 e. The first-order valence-electron chi connectivity index (χ1n) is 12.4. The summed E-state index contributed by atoms with van der Waals surface area (Å²) >= 11 is 0. The van der Waals surface area contributed by atoms with Crippen molar-refractivity contribution < 1.29 is 57.1 Å². The normalized spacial score (nSPS) is 12.2. The third-order valence-electron chi connectivity index (χ3n) is 4.65. The van der Waals surface area contributed by atoms with Gasteiger partial charge in [-0.05, 0) is 24.3 Å². The van der Waals surface area contributed by atoms with E-state index >= 15 is 0 Å². The summed E-state index contributed by atoms with van der Waals surface area (Å²) < 4.78 is 26.6. The van der Waals surface area contributed by atoms with Crippen LogP contribution in [0.3, 0.4) is 0 Å². The lowest BCUT2D eigenvalue weighted by molar-refractivity contribution is -0.870. The number of hydrogen-bond acceptors (Lipinski definition) is 10. The molecule has 2 aromatic rings. The summed E-state index contributed by atoms with van der Waals surface area (Å²) in [5, 5.41) is 16.8. The molecule has 0 saturated carbocycles. The van der Waals surface area contributed by atoms with Gasteiger partial charge in [-0.2, -0.15) is 0 Å². The first kappa shape index (κ1) is 37.3. The number of phosphoric ester groups is 1. The molecule has 0 radical (unpaired) electrons. The molecule has 2 aromatic carbocycles. The van der Waals surface area contributed by atoms with Gasteiger partial charge in [0.2, 0.25) is 0 Å². The highest BCUT2D eigenvalue weighted by Gasteiger charge is 2.20. The van der Waals surface area contributed by atoms with E-state index in [2.05, 4.69) is 46.8 Å². The van der Waals surface area contributed by atoms with Gasteiger partial charge in [0.25, 0.3) is 0 Å². The summed E-state index contributed by atoms with van der Waals surface area (Å²) in [6, 6.07) is 15.9. The number of ether oxygens (including phenoxy) is 2. The van der Waals surface area contributed by atoms with Crippen LogP contribution in [-0.4, -0.2) is 119 Å². The zero-order valence-electron chi connectivity index (χ0n) is 24.1. The zero-order valence-corrected chi connectivity index (χ0v) is 25.0. The van der Waals surface area contributed by atoms with E-state index in [1.807, 2.05) is 0 Å². The van der Waals surface area contributed by atoms with Crippen molar-refractivity contribution in [2.45, 2.75) is 6.10 Å². The molecule has 0 fully saturated rings. The quantitative estimate of drug-likeness (QED) is 0.201. The molecule has 0 bridgehead atoms. The van der Waals surface area contributed by atoms with Crippen molar-refractivity contribution >= 4 is 19.8 Å². The van der Waals surface area contributed by atoms with Crippen LogP contribution in [0.5, 0.6) is 0 Å². The molecular weight excluding hydrogens is 543 g/mol. The van der Waals surface area contributed by atoms with Gasteiger partial charge < -0.3 is 47.5 Å². The van der Waals surface area contributed by atoms with Crippen LogP contribution >= 0.6 is 7.82 Å². The third-order valence-corrected chi connectivity index (χ3v) is 5.12. The second-order valence-electron chi connectivity index (χ2n) is 10.6. The highest BCUT2D eigenvalue weighted by molar-refractivity contribution is 7.43. The molecule has 2 rings (SSSR count). The maximum absolute atomic E-state index is 12.1. The molecule has 0 saturated heterocycles. The van der Waals surface area contributed by atoms with Crippen LogP contribution in [0.2, 0.25) is 0 Å². The molecule has 12 nitrogen and oxygen atoms in total. The number of aliphatic hydroxyl groups is 2. The number of quaternary nitrogens is 2. The number of benzene rings is 2. The Kier molecular flexibility index (Phi) is 17.4. The van der Waals surface area contributed by atoms with Gasteiger partial charge in [-0.15, -0.1) is 0 Å². The van der Waals surface area contributed by atoms with Gasteiger partial charge >= 0.3 is 11.9 Å². The molecule has 0 amide bonds. The van der Waals surface area contributed by atoms with E-state index in [0.717, 1.165) is 22.1 Å². The molecule has 40 heavy (non-hydrogen) atoms. The van der Waals surface area contributed by atoms with E-state index in [4.69, 9.17) is 19.7 Å². The van der Waals surface area contributed by atoms with Crippen molar-refractivity contribution in [3.63, 3.8) is 0 Å². The van der Waals surface area contributed by atoms with Crippen LogP contribution < -0.4 is 9.79 Å². The van der Waals surface area contributed by atoms with E-state index < -0.39 is 39.1 Å². The monoisotopic (exact) mass is 586 g/mol. The van der Waals surface area contributed by atoms with Crippen LogP contribution in [0.4, 0.5) is 0 Å². The van der Waals surface area contributed by atoms with Gasteiger partial charge in [-0.25, -0.2) is 9.59 Å². The molecule has 1 atom stereocenters. The topological polar surface area (TPSA) is 165 Å². The van der Waals surface area contributed by atoms with E-state index in [0.29, 0.717) is 0 Å². The molecule has 2 N–H and O–H groups in total. The van der Waals surface area contributed by atoms with Crippen molar-refractivity contribution in [2.24, 2.45) is 0 Å². The number of rotatable bonds is 12. The predicted octanol–water partition coefficient (Wildman–Crippen LogP) is 0.284. The second kappa shape index (κ2) is 18.6. The molecule has 0 spiro atoms. The van der Waals surface area contributed by atoms with Crippen molar-refractivity contribution in [1.29, 1.82) is 0 Å². The molecule has 0 aliphatic rings. The number of aliphatic hydroxyl groups excluding tert-OH is 2. The molecule has 0 aliphatic carbocycles. The summed E-state index contributed by atoms with van der Waals surface area (Å²) in [6.07, 6.45) is -1.27. The Morgan fingerprint density at radius 1 is 0.750 bits per heavy atom. The predicted molar refractivity (Wildman–Crippen MR) is 146 cm³/mol. The van der Waals surface area contributed by atoms with Crippen molar-refractivity contribution in [3.05, 3.63) is 71.8 Å². The highest BCUT2D eigenvalue weighted by atomic mass is 31.2. The number of carbonyl (C=O) groups excluding carboxylic acids is 2. The Labute approximate surface area is 236 Å². The number of nitrogens with zero attached hydrogens (tertiary/aromatic N) is 2. The average Bonchev–Trinajstić information content (AvgIpc) is 2.85.